The predicted molar refractivity (Wildman–Crippen MR) is 79.9 cm³/mol. The van der Waals surface area contributed by atoms with Gasteiger partial charge in [-0.2, -0.15) is 0 Å². The molecular formula is C16H16N2O2. The molecule has 0 spiro atoms. The average molecular weight is 268 g/mol. The molecule has 2 aromatic rings. The van der Waals surface area contributed by atoms with Crippen LogP contribution in [0.2, 0.25) is 0 Å². The van der Waals surface area contributed by atoms with Gasteiger partial charge in [-0.25, -0.2) is 4.79 Å². The number of amides is 2. The molecule has 0 aliphatic rings. The predicted octanol–water partition coefficient (Wildman–Crippen LogP) is 3.46. The number of carbonyl (C=O) groups is 2. The first-order valence-electron chi connectivity index (χ1n) is 6.35. The van der Waals surface area contributed by atoms with Gasteiger partial charge in [0.25, 0.3) is 0 Å². The summed E-state index contributed by atoms with van der Waals surface area (Å²) in [6.45, 7) is 1.54. The maximum Gasteiger partial charge on any atom is 0.323 e. The first-order chi connectivity index (χ1) is 9.63. The van der Waals surface area contributed by atoms with Crippen LogP contribution in [0, 0.1) is 0 Å². The Bertz CT molecular complexity index is 609. The average Bonchev–Trinajstić information content (AvgIpc) is 2.39. The normalized spacial score (nSPS) is 9.85. The molecule has 4 nitrogen and oxygen atoms in total. The second kappa shape index (κ2) is 6.52. The number of carbonyl (C=O) groups excluding carboxylic acids is 2. The van der Waals surface area contributed by atoms with E-state index in [4.69, 9.17) is 0 Å². The molecule has 0 aliphatic carbocycles. The number of anilines is 2. The van der Waals surface area contributed by atoms with E-state index >= 15 is 0 Å². The fourth-order valence-corrected chi connectivity index (χ4v) is 1.86. The van der Waals surface area contributed by atoms with Gasteiger partial charge >= 0.3 is 6.03 Å². The second-order valence-corrected chi connectivity index (χ2v) is 4.52. The fraction of sp³-hybridized carbons (Fsp3) is 0.125. The number of benzene rings is 2. The van der Waals surface area contributed by atoms with Gasteiger partial charge in [0.05, 0.1) is 0 Å². The molecule has 0 radical (unpaired) electrons. The van der Waals surface area contributed by atoms with Gasteiger partial charge in [-0.3, -0.25) is 4.79 Å². The maximum absolute atomic E-state index is 11.8. The van der Waals surface area contributed by atoms with Crippen molar-refractivity contribution >= 4 is 23.2 Å². The molecule has 0 fully saturated rings. The Kier molecular flexibility index (Phi) is 4.50. The van der Waals surface area contributed by atoms with Gasteiger partial charge in [0, 0.05) is 17.8 Å². The smallest absolute Gasteiger partial charge is 0.308 e. The van der Waals surface area contributed by atoms with Gasteiger partial charge in [-0.05, 0) is 36.8 Å². The van der Waals surface area contributed by atoms with Crippen molar-refractivity contribution < 1.29 is 9.59 Å². The van der Waals surface area contributed by atoms with E-state index in [9.17, 15) is 9.59 Å². The first kappa shape index (κ1) is 13.8. The summed E-state index contributed by atoms with van der Waals surface area (Å²) in [5.74, 6) is 0.0934. The Labute approximate surface area is 117 Å². The van der Waals surface area contributed by atoms with Crippen LogP contribution < -0.4 is 10.6 Å². The summed E-state index contributed by atoms with van der Waals surface area (Å²) in [6, 6.07) is 16.2. The van der Waals surface area contributed by atoms with Crippen molar-refractivity contribution in [3.05, 3.63) is 60.2 Å². The molecule has 0 atom stereocenters. The van der Waals surface area contributed by atoms with Crippen LogP contribution in [-0.4, -0.2) is 11.8 Å². The monoisotopic (exact) mass is 268 g/mol. The molecule has 0 aromatic heterocycles. The highest BCUT2D eigenvalue weighted by atomic mass is 16.2. The van der Waals surface area contributed by atoms with Crippen LogP contribution in [0.4, 0.5) is 16.2 Å². The zero-order chi connectivity index (χ0) is 14.4. The zero-order valence-electron chi connectivity index (χ0n) is 11.2. The van der Waals surface area contributed by atoms with Crippen molar-refractivity contribution in [2.75, 3.05) is 10.6 Å². The largest absolute Gasteiger partial charge is 0.323 e. The number of hydrogen-bond acceptors (Lipinski definition) is 2. The summed E-state index contributed by atoms with van der Waals surface area (Å²) in [5, 5.41) is 5.48. The van der Waals surface area contributed by atoms with Gasteiger partial charge in [0.1, 0.15) is 5.78 Å². The summed E-state index contributed by atoms with van der Waals surface area (Å²) >= 11 is 0. The Balaban J connectivity index is 1.99. The van der Waals surface area contributed by atoms with Gasteiger partial charge < -0.3 is 10.6 Å². The van der Waals surface area contributed by atoms with E-state index < -0.39 is 0 Å². The van der Waals surface area contributed by atoms with Crippen molar-refractivity contribution in [2.45, 2.75) is 13.3 Å². The third-order valence-electron chi connectivity index (χ3n) is 2.67. The summed E-state index contributed by atoms with van der Waals surface area (Å²) in [7, 11) is 0. The summed E-state index contributed by atoms with van der Waals surface area (Å²) < 4.78 is 0. The van der Waals surface area contributed by atoms with Gasteiger partial charge in [-0.1, -0.05) is 30.3 Å². The van der Waals surface area contributed by atoms with Crippen molar-refractivity contribution in [3.63, 3.8) is 0 Å². The molecule has 0 saturated heterocycles. The molecule has 0 heterocycles. The number of hydrogen-bond donors (Lipinski definition) is 2. The molecule has 102 valence electrons. The Morgan fingerprint density at radius 3 is 2.25 bits per heavy atom. The number of urea groups is 1. The molecule has 4 heteroatoms. The molecule has 2 aromatic carbocycles. The molecule has 20 heavy (non-hydrogen) atoms. The van der Waals surface area contributed by atoms with E-state index in [0.29, 0.717) is 12.1 Å². The molecule has 0 bridgehead atoms. The molecular weight excluding hydrogens is 252 g/mol. The van der Waals surface area contributed by atoms with E-state index in [0.717, 1.165) is 11.3 Å². The van der Waals surface area contributed by atoms with E-state index in [1.165, 1.54) is 0 Å². The Morgan fingerprint density at radius 1 is 0.900 bits per heavy atom. The number of nitrogens with one attached hydrogen (secondary N) is 2. The minimum Gasteiger partial charge on any atom is -0.308 e. The standard InChI is InChI=1S/C16H16N2O2/c1-12(19)10-13-6-5-9-15(11-13)18-16(20)17-14-7-3-2-4-8-14/h2-9,11H,10H2,1H3,(H2,17,18,20). The molecule has 0 unspecified atom stereocenters. The third kappa shape index (κ3) is 4.24. The van der Waals surface area contributed by atoms with Gasteiger partial charge in [0.15, 0.2) is 0 Å². The highest BCUT2D eigenvalue weighted by Crippen LogP contribution is 2.12. The van der Waals surface area contributed by atoms with Gasteiger partial charge in [-0.15, -0.1) is 0 Å². The molecule has 2 amide bonds. The quantitative estimate of drug-likeness (QED) is 0.892. The summed E-state index contributed by atoms with van der Waals surface area (Å²) in [6.07, 6.45) is 0.371. The summed E-state index contributed by atoms with van der Waals surface area (Å²) in [5.41, 5.74) is 2.28. The fourth-order valence-electron chi connectivity index (χ4n) is 1.86. The minimum atomic E-state index is -0.309. The molecule has 2 rings (SSSR count). The van der Waals surface area contributed by atoms with Crippen molar-refractivity contribution in [2.24, 2.45) is 0 Å². The van der Waals surface area contributed by atoms with Crippen LogP contribution in [0.1, 0.15) is 12.5 Å². The Morgan fingerprint density at radius 2 is 1.55 bits per heavy atom. The topological polar surface area (TPSA) is 58.2 Å². The zero-order valence-corrected chi connectivity index (χ0v) is 11.2. The van der Waals surface area contributed by atoms with Crippen molar-refractivity contribution in [1.82, 2.24) is 0 Å². The number of para-hydroxylation sites is 1. The maximum atomic E-state index is 11.8. The number of Topliss-reactive ketones (excluding diaryl/α,β-unsaturated/α-hetero) is 1. The third-order valence-corrected chi connectivity index (χ3v) is 2.67. The van der Waals surface area contributed by atoms with E-state index in [-0.39, 0.29) is 11.8 Å². The van der Waals surface area contributed by atoms with Gasteiger partial charge in [0.2, 0.25) is 0 Å². The van der Waals surface area contributed by atoms with E-state index in [1.54, 1.807) is 19.1 Å². The highest BCUT2D eigenvalue weighted by molar-refractivity contribution is 5.99. The lowest BCUT2D eigenvalue weighted by Gasteiger charge is -2.08. The molecule has 0 saturated carbocycles. The lowest BCUT2D eigenvalue weighted by molar-refractivity contribution is -0.116. The van der Waals surface area contributed by atoms with Crippen LogP contribution in [0.3, 0.4) is 0 Å². The van der Waals surface area contributed by atoms with Crippen LogP contribution in [0.5, 0.6) is 0 Å². The number of ketones is 1. The van der Waals surface area contributed by atoms with Crippen LogP contribution in [0.15, 0.2) is 54.6 Å². The lowest BCUT2D eigenvalue weighted by Crippen LogP contribution is -2.19. The Hall–Kier alpha value is -2.62. The number of rotatable bonds is 4. The lowest BCUT2D eigenvalue weighted by atomic mass is 10.1. The van der Waals surface area contributed by atoms with Crippen LogP contribution in [-0.2, 0) is 11.2 Å². The van der Waals surface area contributed by atoms with Crippen LogP contribution in [0.25, 0.3) is 0 Å². The summed E-state index contributed by atoms with van der Waals surface area (Å²) in [4.78, 5) is 22.9. The molecule has 2 N–H and O–H groups in total. The molecule has 0 aliphatic heterocycles. The SMILES string of the molecule is CC(=O)Cc1cccc(NC(=O)Nc2ccccc2)c1. The van der Waals surface area contributed by atoms with Crippen molar-refractivity contribution in [3.8, 4) is 0 Å². The second-order valence-electron chi connectivity index (χ2n) is 4.52. The highest BCUT2D eigenvalue weighted by Gasteiger charge is 2.04. The van der Waals surface area contributed by atoms with Crippen molar-refractivity contribution in [1.29, 1.82) is 0 Å². The first-order valence-corrected chi connectivity index (χ1v) is 6.35. The van der Waals surface area contributed by atoms with Crippen LogP contribution >= 0.6 is 0 Å². The van der Waals surface area contributed by atoms with E-state index in [2.05, 4.69) is 10.6 Å². The minimum absolute atomic E-state index is 0.0934. The van der Waals surface area contributed by atoms with E-state index in [1.807, 2.05) is 42.5 Å².